The van der Waals surface area contributed by atoms with Gasteiger partial charge in [0.15, 0.2) is 5.60 Å². The summed E-state index contributed by atoms with van der Waals surface area (Å²) in [5.41, 5.74) is 1.45. The number of aromatic nitrogens is 2. The van der Waals surface area contributed by atoms with Gasteiger partial charge in [-0.2, -0.15) is 0 Å². The van der Waals surface area contributed by atoms with Gasteiger partial charge in [-0.15, -0.1) is 0 Å². The highest BCUT2D eigenvalue weighted by atomic mass is 16.6. The van der Waals surface area contributed by atoms with Crippen LogP contribution in [0.1, 0.15) is 17.8 Å². The van der Waals surface area contributed by atoms with E-state index in [9.17, 15) is 4.79 Å². The number of carbonyl (C=O) groups is 1. The van der Waals surface area contributed by atoms with Gasteiger partial charge in [0.25, 0.3) is 0 Å². The van der Waals surface area contributed by atoms with Crippen LogP contribution in [-0.4, -0.2) is 53.2 Å². The minimum Gasteiger partial charge on any atom is -0.439 e. The Hall–Kier alpha value is -1.85. The molecule has 0 saturated carbocycles. The lowest BCUT2D eigenvalue weighted by Crippen LogP contribution is -2.37. The van der Waals surface area contributed by atoms with Crippen molar-refractivity contribution in [2.75, 3.05) is 31.6 Å². The van der Waals surface area contributed by atoms with Crippen molar-refractivity contribution >= 4 is 11.9 Å². The van der Waals surface area contributed by atoms with Gasteiger partial charge in [0.2, 0.25) is 0 Å². The van der Waals surface area contributed by atoms with Crippen LogP contribution in [0.2, 0.25) is 0 Å². The average Bonchev–Trinajstić information content (AvgIpc) is 2.87. The number of likely N-dealkylation sites (N-methyl/N-ethyl adjacent to an activating group) is 1. The summed E-state index contributed by atoms with van der Waals surface area (Å²) in [7, 11) is 1.78. The molecule has 0 bridgehead atoms. The molecule has 1 atom stereocenters. The Balaban J connectivity index is 1.83. The molecule has 1 aromatic heterocycles. The van der Waals surface area contributed by atoms with Gasteiger partial charge in [0.05, 0.1) is 24.5 Å². The van der Waals surface area contributed by atoms with Crippen LogP contribution < -0.4 is 4.90 Å². The standard InChI is InChI=1S/C13H18N4O2/c1-9-6-14-10(2)11(15-9)17-5-4-13(8-17)7-16(3)12(18)19-13/h6H,4-5,7-8H2,1-3H3. The third-order valence-corrected chi connectivity index (χ3v) is 3.81. The van der Waals surface area contributed by atoms with Crippen LogP contribution >= 0.6 is 0 Å². The molecule has 1 unspecified atom stereocenters. The zero-order valence-electron chi connectivity index (χ0n) is 11.5. The van der Waals surface area contributed by atoms with Gasteiger partial charge in [0.1, 0.15) is 5.82 Å². The van der Waals surface area contributed by atoms with Gasteiger partial charge < -0.3 is 14.5 Å². The molecule has 102 valence electrons. The van der Waals surface area contributed by atoms with Crippen molar-refractivity contribution in [2.45, 2.75) is 25.9 Å². The van der Waals surface area contributed by atoms with Crippen molar-refractivity contribution in [2.24, 2.45) is 0 Å². The maximum atomic E-state index is 11.6. The van der Waals surface area contributed by atoms with E-state index in [-0.39, 0.29) is 11.7 Å². The molecule has 2 aliphatic heterocycles. The molecule has 0 aromatic carbocycles. The molecule has 1 aromatic rings. The zero-order valence-corrected chi connectivity index (χ0v) is 11.5. The molecule has 1 spiro atoms. The summed E-state index contributed by atoms with van der Waals surface area (Å²) in [6.07, 6.45) is 2.39. The average molecular weight is 262 g/mol. The number of hydrogen-bond donors (Lipinski definition) is 0. The van der Waals surface area contributed by atoms with Crippen molar-refractivity contribution in [3.63, 3.8) is 0 Å². The highest BCUT2D eigenvalue weighted by Gasteiger charge is 2.49. The zero-order chi connectivity index (χ0) is 13.6. The van der Waals surface area contributed by atoms with Crippen molar-refractivity contribution in [1.29, 1.82) is 0 Å². The Bertz CT molecular complexity index is 533. The Labute approximate surface area is 112 Å². The first-order chi connectivity index (χ1) is 8.99. The molecule has 0 radical (unpaired) electrons. The highest BCUT2D eigenvalue weighted by molar-refractivity contribution is 5.70. The van der Waals surface area contributed by atoms with Gasteiger partial charge >= 0.3 is 6.09 Å². The van der Waals surface area contributed by atoms with Crippen LogP contribution in [0.5, 0.6) is 0 Å². The molecule has 3 rings (SSSR count). The first-order valence-corrected chi connectivity index (χ1v) is 6.48. The molecule has 2 fully saturated rings. The van der Waals surface area contributed by atoms with Crippen LogP contribution in [0.25, 0.3) is 0 Å². The van der Waals surface area contributed by atoms with E-state index in [2.05, 4.69) is 14.9 Å². The molecule has 2 saturated heterocycles. The van der Waals surface area contributed by atoms with E-state index in [1.165, 1.54) is 0 Å². The van der Waals surface area contributed by atoms with Crippen molar-refractivity contribution < 1.29 is 9.53 Å². The fourth-order valence-electron chi connectivity index (χ4n) is 2.85. The second-order valence-corrected chi connectivity index (χ2v) is 5.50. The summed E-state index contributed by atoms with van der Waals surface area (Å²) >= 11 is 0. The number of anilines is 1. The van der Waals surface area contributed by atoms with Gasteiger partial charge in [0, 0.05) is 26.2 Å². The second-order valence-electron chi connectivity index (χ2n) is 5.50. The first-order valence-electron chi connectivity index (χ1n) is 6.48. The summed E-state index contributed by atoms with van der Waals surface area (Å²) in [6.45, 7) is 6.09. The van der Waals surface area contributed by atoms with E-state index in [1.54, 1.807) is 18.1 Å². The summed E-state index contributed by atoms with van der Waals surface area (Å²) in [5, 5.41) is 0. The maximum Gasteiger partial charge on any atom is 0.410 e. The SMILES string of the molecule is Cc1cnc(C)c(N2CCC3(CN(C)C(=O)O3)C2)n1. The molecule has 6 heteroatoms. The number of amides is 1. The van der Waals surface area contributed by atoms with E-state index in [1.807, 2.05) is 13.8 Å². The molecule has 2 aliphatic rings. The third-order valence-electron chi connectivity index (χ3n) is 3.81. The summed E-state index contributed by atoms with van der Waals surface area (Å²) in [4.78, 5) is 24.3. The lowest BCUT2D eigenvalue weighted by molar-refractivity contribution is 0.0741. The lowest BCUT2D eigenvalue weighted by Gasteiger charge is -2.23. The molecule has 1 amide bonds. The minimum absolute atomic E-state index is 0.228. The first kappa shape index (κ1) is 12.2. The smallest absolute Gasteiger partial charge is 0.410 e. The lowest BCUT2D eigenvalue weighted by atomic mass is 10.0. The minimum atomic E-state index is -0.371. The van der Waals surface area contributed by atoms with Gasteiger partial charge in [-0.1, -0.05) is 0 Å². The van der Waals surface area contributed by atoms with E-state index < -0.39 is 0 Å². The molecule has 0 N–H and O–H groups in total. The Morgan fingerprint density at radius 3 is 2.84 bits per heavy atom. The third kappa shape index (κ3) is 2.01. The van der Waals surface area contributed by atoms with E-state index in [0.717, 1.165) is 30.2 Å². The Kier molecular flexibility index (Phi) is 2.62. The van der Waals surface area contributed by atoms with Crippen molar-refractivity contribution in [3.8, 4) is 0 Å². The predicted octanol–water partition coefficient (Wildman–Crippen LogP) is 1.12. The summed E-state index contributed by atoms with van der Waals surface area (Å²) in [5.74, 6) is 0.905. The largest absolute Gasteiger partial charge is 0.439 e. The predicted molar refractivity (Wildman–Crippen MR) is 70.2 cm³/mol. The molecular weight excluding hydrogens is 244 g/mol. The van der Waals surface area contributed by atoms with Crippen molar-refractivity contribution in [1.82, 2.24) is 14.9 Å². The van der Waals surface area contributed by atoms with Crippen molar-refractivity contribution in [3.05, 3.63) is 17.6 Å². The molecule has 0 aliphatic carbocycles. The number of rotatable bonds is 1. The van der Waals surface area contributed by atoms with Crippen LogP contribution in [0.3, 0.4) is 0 Å². The topological polar surface area (TPSA) is 58.6 Å². The normalized spacial score (nSPS) is 26.4. The number of hydrogen-bond acceptors (Lipinski definition) is 5. The molecule has 19 heavy (non-hydrogen) atoms. The Morgan fingerprint density at radius 2 is 2.16 bits per heavy atom. The fourth-order valence-corrected chi connectivity index (χ4v) is 2.85. The van der Waals surface area contributed by atoms with Gasteiger partial charge in [-0.05, 0) is 13.8 Å². The highest BCUT2D eigenvalue weighted by Crippen LogP contribution is 2.34. The molecular formula is C13H18N4O2. The van der Waals surface area contributed by atoms with Gasteiger partial charge in [-0.3, -0.25) is 4.98 Å². The van der Waals surface area contributed by atoms with Gasteiger partial charge in [-0.25, -0.2) is 9.78 Å². The van der Waals surface area contributed by atoms with E-state index in [4.69, 9.17) is 4.74 Å². The quantitative estimate of drug-likeness (QED) is 0.759. The number of aryl methyl sites for hydroxylation is 2. The number of nitrogens with zero attached hydrogens (tertiary/aromatic N) is 4. The van der Waals surface area contributed by atoms with Crippen LogP contribution in [0.4, 0.5) is 10.6 Å². The second kappa shape index (κ2) is 4.08. The van der Waals surface area contributed by atoms with Crippen LogP contribution in [0, 0.1) is 13.8 Å². The van der Waals surface area contributed by atoms with E-state index in [0.29, 0.717) is 13.1 Å². The van der Waals surface area contributed by atoms with Crippen LogP contribution in [-0.2, 0) is 4.74 Å². The van der Waals surface area contributed by atoms with Crippen LogP contribution in [0.15, 0.2) is 6.20 Å². The summed E-state index contributed by atoms with van der Waals surface area (Å²) < 4.78 is 5.54. The number of carbonyl (C=O) groups excluding carboxylic acids is 1. The fraction of sp³-hybridized carbons (Fsp3) is 0.615. The van der Waals surface area contributed by atoms with E-state index >= 15 is 0 Å². The monoisotopic (exact) mass is 262 g/mol. The molecule has 3 heterocycles. The Morgan fingerprint density at radius 1 is 1.37 bits per heavy atom. The number of ether oxygens (including phenoxy) is 1. The maximum absolute atomic E-state index is 11.6. The molecule has 6 nitrogen and oxygen atoms in total. The summed E-state index contributed by atoms with van der Waals surface area (Å²) in [6, 6.07) is 0.